The van der Waals surface area contributed by atoms with Gasteiger partial charge in [0.2, 0.25) is 11.5 Å². The van der Waals surface area contributed by atoms with Gasteiger partial charge in [-0.3, -0.25) is 19.4 Å². The Bertz CT molecular complexity index is 1280. The zero-order valence-corrected chi connectivity index (χ0v) is 29.4. The largest absolute Gasteiger partial charge is 0.493 e. The minimum Gasteiger partial charge on any atom is -0.493 e. The average Bonchev–Trinajstić information content (AvgIpc) is 3.11. The third-order valence-electron chi connectivity index (χ3n) is 9.04. The van der Waals surface area contributed by atoms with E-state index >= 15 is 0 Å². The summed E-state index contributed by atoms with van der Waals surface area (Å²) >= 11 is 0. The van der Waals surface area contributed by atoms with E-state index in [4.69, 9.17) is 37.9 Å². The second-order valence-corrected chi connectivity index (χ2v) is 12.0. The molecular weight excluding hydrogens is 620 g/mol. The van der Waals surface area contributed by atoms with Gasteiger partial charge in [-0.05, 0) is 61.8 Å². The van der Waals surface area contributed by atoms with E-state index < -0.39 is 0 Å². The molecule has 0 saturated heterocycles. The molecule has 0 bridgehead atoms. The van der Waals surface area contributed by atoms with Gasteiger partial charge in [0.05, 0.1) is 68.7 Å². The zero-order chi connectivity index (χ0) is 34.5. The average molecular weight is 673 g/mol. The van der Waals surface area contributed by atoms with E-state index in [1.165, 1.54) is 11.1 Å². The molecule has 4 rings (SSSR count). The molecule has 0 unspecified atom stereocenters. The highest BCUT2D eigenvalue weighted by molar-refractivity contribution is 5.70. The minimum absolute atomic E-state index is 0.191. The lowest BCUT2D eigenvalue weighted by Crippen LogP contribution is -2.33. The van der Waals surface area contributed by atoms with Crippen molar-refractivity contribution in [2.45, 2.75) is 64.5 Å². The fourth-order valence-corrected chi connectivity index (χ4v) is 6.44. The lowest BCUT2D eigenvalue weighted by molar-refractivity contribution is -0.145. The smallest absolute Gasteiger partial charge is 0.307 e. The van der Waals surface area contributed by atoms with Crippen LogP contribution < -0.4 is 28.4 Å². The lowest BCUT2D eigenvalue weighted by atomic mass is 9.97. The molecule has 0 radical (unpaired) electrons. The van der Waals surface area contributed by atoms with Gasteiger partial charge in [-0.25, -0.2) is 0 Å². The van der Waals surface area contributed by atoms with Crippen molar-refractivity contribution in [1.29, 1.82) is 0 Å². The summed E-state index contributed by atoms with van der Waals surface area (Å²) in [5.74, 6) is 3.48. The molecular formula is C36H52N2O10. The first-order valence-corrected chi connectivity index (χ1v) is 16.7. The second-order valence-electron chi connectivity index (χ2n) is 12.0. The number of nitrogens with zero attached hydrogens (tertiary/aromatic N) is 2. The van der Waals surface area contributed by atoms with Crippen LogP contribution in [0.4, 0.5) is 0 Å². The molecule has 0 aliphatic carbocycles. The summed E-state index contributed by atoms with van der Waals surface area (Å²) in [6.07, 6.45) is 5.73. The van der Waals surface area contributed by atoms with Crippen LogP contribution in [0.25, 0.3) is 0 Å². The molecule has 0 spiro atoms. The van der Waals surface area contributed by atoms with Crippen LogP contribution in [0.3, 0.4) is 0 Å². The van der Waals surface area contributed by atoms with Crippen LogP contribution >= 0.6 is 0 Å². The Hall–Kier alpha value is -3.90. The monoisotopic (exact) mass is 672 g/mol. The first-order chi connectivity index (χ1) is 23.4. The van der Waals surface area contributed by atoms with Crippen molar-refractivity contribution in [3.63, 3.8) is 0 Å². The Morgan fingerprint density at radius 1 is 0.562 bits per heavy atom. The Morgan fingerprint density at radius 2 is 0.958 bits per heavy atom. The number of esters is 2. The predicted octanol–water partition coefficient (Wildman–Crippen LogP) is 4.58. The standard InChI is InChI=1S/C36H52N2O10/c1-41-29-21-25-11-15-37(23-27(25)33(43-3)35(29)45-5)17-13-31(39)47-19-9-7-8-10-20-48-32(40)14-18-38-16-12-26-22-30(42-2)36(46-6)34(44-4)28(26)24-38/h21-22H,7-20,23-24H2,1-6H3. The molecule has 2 aliphatic rings. The summed E-state index contributed by atoms with van der Waals surface area (Å²) < 4.78 is 44.3. The fourth-order valence-electron chi connectivity index (χ4n) is 6.44. The van der Waals surface area contributed by atoms with Crippen LogP contribution in [-0.2, 0) is 45.0 Å². The summed E-state index contributed by atoms with van der Waals surface area (Å²) in [6, 6.07) is 4.02. The SMILES string of the molecule is COc1cc2c(c(OC)c1OC)CN(CCC(=O)OCCCCCCOC(=O)CCN1CCc3cc(OC)c(OC)c(OC)c3C1)CC2. The van der Waals surface area contributed by atoms with E-state index in [9.17, 15) is 9.59 Å². The van der Waals surface area contributed by atoms with Crippen LogP contribution in [0.1, 0.15) is 60.8 Å². The number of unbranched alkanes of at least 4 members (excludes halogenated alkanes) is 3. The van der Waals surface area contributed by atoms with Crippen LogP contribution in [0, 0.1) is 0 Å². The van der Waals surface area contributed by atoms with Crippen molar-refractivity contribution in [2.75, 3.05) is 82.1 Å². The van der Waals surface area contributed by atoms with Crippen molar-refractivity contribution in [2.24, 2.45) is 0 Å². The third-order valence-corrected chi connectivity index (χ3v) is 9.04. The number of hydrogen-bond donors (Lipinski definition) is 0. The summed E-state index contributed by atoms with van der Waals surface area (Å²) in [6.45, 7) is 5.06. The minimum atomic E-state index is -0.191. The number of benzene rings is 2. The van der Waals surface area contributed by atoms with Gasteiger partial charge in [-0.1, -0.05) is 0 Å². The third kappa shape index (κ3) is 9.37. The number of fused-ring (bicyclic) bond motifs is 2. The molecule has 2 aliphatic heterocycles. The molecule has 0 N–H and O–H groups in total. The normalized spacial score (nSPS) is 14.4. The second kappa shape index (κ2) is 18.6. The maximum Gasteiger partial charge on any atom is 0.307 e. The molecule has 0 fully saturated rings. The molecule has 48 heavy (non-hydrogen) atoms. The van der Waals surface area contributed by atoms with E-state index in [1.54, 1.807) is 42.7 Å². The fraction of sp³-hybridized carbons (Fsp3) is 0.611. The van der Waals surface area contributed by atoms with E-state index in [1.807, 2.05) is 12.1 Å². The van der Waals surface area contributed by atoms with Gasteiger partial charge in [0, 0.05) is 50.4 Å². The lowest BCUT2D eigenvalue weighted by Gasteiger charge is -2.30. The van der Waals surface area contributed by atoms with Gasteiger partial charge in [0.1, 0.15) is 0 Å². The van der Waals surface area contributed by atoms with Crippen LogP contribution in [-0.4, -0.2) is 104 Å². The van der Waals surface area contributed by atoms with Gasteiger partial charge in [0.15, 0.2) is 23.0 Å². The number of carbonyl (C=O) groups is 2. The quantitative estimate of drug-likeness (QED) is 0.154. The molecule has 0 saturated carbocycles. The van der Waals surface area contributed by atoms with E-state index in [0.717, 1.165) is 62.7 Å². The Balaban J connectivity index is 1.05. The maximum atomic E-state index is 12.4. The summed E-state index contributed by atoms with van der Waals surface area (Å²) in [7, 11) is 9.71. The maximum absolute atomic E-state index is 12.4. The first-order valence-electron chi connectivity index (χ1n) is 16.7. The van der Waals surface area contributed by atoms with Gasteiger partial charge < -0.3 is 37.9 Å². The van der Waals surface area contributed by atoms with E-state index in [0.29, 0.717) is 86.7 Å². The molecule has 266 valence electrons. The Morgan fingerprint density at radius 3 is 1.31 bits per heavy atom. The zero-order valence-electron chi connectivity index (χ0n) is 29.4. The number of hydrogen-bond acceptors (Lipinski definition) is 12. The predicted molar refractivity (Wildman–Crippen MR) is 180 cm³/mol. The number of methoxy groups -OCH3 is 6. The molecule has 12 heteroatoms. The Kier molecular flexibility index (Phi) is 14.3. The molecule has 0 atom stereocenters. The van der Waals surface area contributed by atoms with Crippen molar-refractivity contribution in [1.82, 2.24) is 9.80 Å². The van der Waals surface area contributed by atoms with Gasteiger partial charge in [-0.2, -0.15) is 0 Å². The van der Waals surface area contributed by atoms with Crippen molar-refractivity contribution < 1.29 is 47.5 Å². The topological polar surface area (TPSA) is 114 Å². The van der Waals surface area contributed by atoms with E-state index in [2.05, 4.69) is 9.80 Å². The molecule has 2 heterocycles. The van der Waals surface area contributed by atoms with Crippen LogP contribution in [0.2, 0.25) is 0 Å². The molecule has 0 amide bonds. The molecule has 12 nitrogen and oxygen atoms in total. The van der Waals surface area contributed by atoms with Crippen molar-refractivity contribution in [3.8, 4) is 34.5 Å². The number of carbonyl (C=O) groups excluding carboxylic acids is 2. The molecule has 0 aromatic heterocycles. The highest BCUT2D eigenvalue weighted by Crippen LogP contribution is 2.45. The number of rotatable bonds is 19. The van der Waals surface area contributed by atoms with Crippen LogP contribution in [0.5, 0.6) is 34.5 Å². The van der Waals surface area contributed by atoms with E-state index in [-0.39, 0.29) is 11.9 Å². The number of ether oxygens (including phenoxy) is 8. The van der Waals surface area contributed by atoms with Gasteiger partial charge >= 0.3 is 11.9 Å². The Labute approximate surface area is 284 Å². The summed E-state index contributed by atoms with van der Waals surface area (Å²) in [5.41, 5.74) is 4.48. The van der Waals surface area contributed by atoms with Crippen LogP contribution in [0.15, 0.2) is 12.1 Å². The molecule has 2 aromatic carbocycles. The van der Waals surface area contributed by atoms with Crippen molar-refractivity contribution in [3.05, 3.63) is 34.4 Å². The first kappa shape index (κ1) is 36.9. The van der Waals surface area contributed by atoms with Gasteiger partial charge in [-0.15, -0.1) is 0 Å². The summed E-state index contributed by atoms with van der Waals surface area (Å²) in [4.78, 5) is 29.2. The molecule has 2 aromatic rings. The summed E-state index contributed by atoms with van der Waals surface area (Å²) in [5, 5.41) is 0. The van der Waals surface area contributed by atoms with Gasteiger partial charge in [0.25, 0.3) is 0 Å². The highest BCUT2D eigenvalue weighted by atomic mass is 16.5. The van der Waals surface area contributed by atoms with Crippen molar-refractivity contribution >= 4 is 11.9 Å². The highest BCUT2D eigenvalue weighted by Gasteiger charge is 2.27.